The number of hydrogen-bond donors (Lipinski definition) is 0. The summed E-state index contributed by atoms with van der Waals surface area (Å²) in [5, 5.41) is 0. The lowest BCUT2D eigenvalue weighted by Crippen LogP contribution is -2.48. The number of halogens is 6. The normalized spacial score (nSPS) is 33.0. The highest BCUT2D eigenvalue weighted by atomic mass is 19.4. The van der Waals surface area contributed by atoms with Gasteiger partial charge in [-0.15, -0.1) is 22.0 Å². The summed E-state index contributed by atoms with van der Waals surface area (Å²) in [6.45, 7) is -1.24. The summed E-state index contributed by atoms with van der Waals surface area (Å²) < 4.78 is 80.9. The van der Waals surface area contributed by atoms with Crippen LogP contribution >= 0.6 is 0 Å². The maximum Gasteiger partial charge on any atom is 0.523 e. The van der Waals surface area contributed by atoms with Crippen LogP contribution in [0, 0.1) is 0 Å². The topological polar surface area (TPSA) is 27.7 Å². The van der Waals surface area contributed by atoms with Crippen LogP contribution in [-0.4, -0.2) is 31.7 Å². The molecule has 3 nitrogen and oxygen atoms in total. The fraction of sp³-hybridized carbons (Fsp3) is 1.00. The molecule has 0 spiro atoms. The van der Waals surface area contributed by atoms with Gasteiger partial charge in [-0.05, 0) is 0 Å². The number of alkyl halides is 6. The first kappa shape index (κ1) is 11.5. The molecule has 1 rings (SSSR count). The molecule has 0 aromatic heterocycles. The van der Waals surface area contributed by atoms with Crippen molar-refractivity contribution in [2.24, 2.45) is 0 Å². The highest BCUT2D eigenvalue weighted by Gasteiger charge is 2.48. The first-order chi connectivity index (χ1) is 6.20. The molecule has 9 heteroatoms. The molecule has 1 fully saturated rings. The first-order valence-corrected chi connectivity index (χ1v) is 3.28. The van der Waals surface area contributed by atoms with Crippen LogP contribution in [0.3, 0.4) is 0 Å². The van der Waals surface area contributed by atoms with Gasteiger partial charge in [0.1, 0.15) is 6.10 Å². The second-order valence-corrected chi connectivity index (χ2v) is 2.35. The van der Waals surface area contributed by atoms with Crippen molar-refractivity contribution in [2.45, 2.75) is 25.1 Å². The predicted molar refractivity (Wildman–Crippen MR) is 27.8 cm³/mol. The molecule has 2 atom stereocenters. The molecular formula is C5H4F6O3. The molecule has 0 aromatic rings. The standard InChI is InChI=1S/C5H4F6O3/c6-3-2(13-4(7,8)9)1-12-5(10,11)14-3/h2-3H,1H2. The molecule has 0 aliphatic carbocycles. The molecule has 1 heterocycles. The van der Waals surface area contributed by atoms with Crippen LogP contribution in [0.4, 0.5) is 26.3 Å². The van der Waals surface area contributed by atoms with Crippen LogP contribution in [-0.2, 0) is 14.2 Å². The quantitative estimate of drug-likeness (QED) is 0.638. The lowest BCUT2D eigenvalue weighted by molar-refractivity contribution is -0.479. The van der Waals surface area contributed by atoms with Gasteiger partial charge in [0.2, 0.25) is 6.36 Å². The number of ether oxygens (including phenoxy) is 3. The average molecular weight is 226 g/mol. The van der Waals surface area contributed by atoms with E-state index in [1.807, 2.05) is 0 Å². The van der Waals surface area contributed by atoms with Crippen molar-refractivity contribution in [3.8, 4) is 0 Å². The molecule has 84 valence electrons. The zero-order valence-corrected chi connectivity index (χ0v) is 6.35. The molecule has 1 aliphatic heterocycles. The lowest BCUT2D eigenvalue weighted by Gasteiger charge is -2.31. The van der Waals surface area contributed by atoms with E-state index in [0.29, 0.717) is 0 Å². The van der Waals surface area contributed by atoms with Crippen LogP contribution < -0.4 is 0 Å². The second kappa shape index (κ2) is 3.55. The van der Waals surface area contributed by atoms with E-state index in [0.717, 1.165) is 0 Å². The van der Waals surface area contributed by atoms with E-state index in [1.54, 1.807) is 0 Å². The predicted octanol–water partition coefficient (Wildman–Crippen LogP) is 1.78. The van der Waals surface area contributed by atoms with Crippen molar-refractivity contribution in [2.75, 3.05) is 6.61 Å². The minimum Gasteiger partial charge on any atom is -0.293 e. The van der Waals surface area contributed by atoms with Gasteiger partial charge in [0, 0.05) is 0 Å². The zero-order chi connectivity index (χ0) is 11.0. The van der Waals surface area contributed by atoms with Crippen molar-refractivity contribution < 1.29 is 40.6 Å². The van der Waals surface area contributed by atoms with Gasteiger partial charge < -0.3 is 0 Å². The van der Waals surface area contributed by atoms with Crippen LogP contribution in [0.5, 0.6) is 0 Å². The van der Waals surface area contributed by atoms with Gasteiger partial charge in [-0.1, -0.05) is 0 Å². The fourth-order valence-corrected chi connectivity index (χ4v) is 0.755. The monoisotopic (exact) mass is 226 g/mol. The summed E-state index contributed by atoms with van der Waals surface area (Å²) in [4.78, 5) is 0. The molecule has 14 heavy (non-hydrogen) atoms. The smallest absolute Gasteiger partial charge is 0.293 e. The SMILES string of the molecule is FC1OC(F)(F)OCC1OC(F)(F)F. The van der Waals surface area contributed by atoms with E-state index in [-0.39, 0.29) is 0 Å². The van der Waals surface area contributed by atoms with Crippen LogP contribution in [0.1, 0.15) is 0 Å². The van der Waals surface area contributed by atoms with Crippen molar-refractivity contribution in [3.63, 3.8) is 0 Å². The Bertz CT molecular complexity index is 204. The summed E-state index contributed by atoms with van der Waals surface area (Å²) in [7, 11) is 0. The summed E-state index contributed by atoms with van der Waals surface area (Å²) in [5.74, 6) is 0. The number of rotatable bonds is 1. The Morgan fingerprint density at radius 1 is 1.29 bits per heavy atom. The van der Waals surface area contributed by atoms with Crippen molar-refractivity contribution >= 4 is 0 Å². The third kappa shape index (κ3) is 3.31. The highest BCUT2D eigenvalue weighted by molar-refractivity contribution is 4.66. The third-order valence-electron chi connectivity index (χ3n) is 1.24. The van der Waals surface area contributed by atoms with Crippen molar-refractivity contribution in [1.29, 1.82) is 0 Å². The van der Waals surface area contributed by atoms with Crippen LogP contribution in [0.25, 0.3) is 0 Å². The molecule has 0 radical (unpaired) electrons. The maximum absolute atomic E-state index is 12.5. The van der Waals surface area contributed by atoms with E-state index in [1.165, 1.54) is 0 Å². The fourth-order valence-electron chi connectivity index (χ4n) is 0.755. The maximum atomic E-state index is 12.5. The van der Waals surface area contributed by atoms with Gasteiger partial charge in [-0.2, -0.15) is 0 Å². The summed E-state index contributed by atoms with van der Waals surface area (Å²) in [5.41, 5.74) is 0. The van der Waals surface area contributed by atoms with Crippen LogP contribution in [0.2, 0.25) is 0 Å². The Labute approximate surface area is 73.5 Å². The molecule has 1 saturated heterocycles. The Morgan fingerprint density at radius 3 is 2.29 bits per heavy atom. The van der Waals surface area contributed by atoms with Gasteiger partial charge in [-0.25, -0.2) is 4.39 Å². The Hall–Kier alpha value is -0.540. The van der Waals surface area contributed by atoms with E-state index >= 15 is 0 Å². The molecular weight excluding hydrogens is 222 g/mol. The largest absolute Gasteiger partial charge is 0.523 e. The minimum absolute atomic E-state index is 1.24. The van der Waals surface area contributed by atoms with Gasteiger partial charge in [-0.3, -0.25) is 14.2 Å². The van der Waals surface area contributed by atoms with Gasteiger partial charge >= 0.3 is 12.7 Å². The Morgan fingerprint density at radius 2 is 1.86 bits per heavy atom. The number of hydrogen-bond acceptors (Lipinski definition) is 3. The molecule has 0 N–H and O–H groups in total. The Balaban J connectivity index is 2.51. The summed E-state index contributed by atoms with van der Waals surface area (Å²) in [6.07, 6.45) is -14.5. The van der Waals surface area contributed by atoms with E-state index in [9.17, 15) is 26.3 Å². The van der Waals surface area contributed by atoms with Crippen molar-refractivity contribution in [3.05, 3.63) is 0 Å². The molecule has 0 amide bonds. The van der Waals surface area contributed by atoms with E-state index in [2.05, 4.69) is 14.2 Å². The Kier molecular flexibility index (Phi) is 2.93. The van der Waals surface area contributed by atoms with Crippen molar-refractivity contribution in [1.82, 2.24) is 0 Å². The first-order valence-electron chi connectivity index (χ1n) is 3.28. The van der Waals surface area contributed by atoms with Gasteiger partial charge in [0.25, 0.3) is 0 Å². The van der Waals surface area contributed by atoms with E-state index < -0.39 is 31.7 Å². The lowest BCUT2D eigenvalue weighted by atomic mass is 10.3. The molecule has 0 aromatic carbocycles. The molecule has 0 bridgehead atoms. The van der Waals surface area contributed by atoms with E-state index in [4.69, 9.17) is 0 Å². The molecule has 1 aliphatic rings. The third-order valence-corrected chi connectivity index (χ3v) is 1.24. The average Bonchev–Trinajstić information content (AvgIpc) is 1.92. The summed E-state index contributed by atoms with van der Waals surface area (Å²) in [6, 6.07) is 0. The second-order valence-electron chi connectivity index (χ2n) is 2.35. The minimum atomic E-state index is -5.13. The van der Waals surface area contributed by atoms with Crippen LogP contribution in [0.15, 0.2) is 0 Å². The molecule has 2 unspecified atom stereocenters. The zero-order valence-electron chi connectivity index (χ0n) is 6.35. The summed E-state index contributed by atoms with van der Waals surface area (Å²) >= 11 is 0. The molecule has 0 saturated carbocycles. The van der Waals surface area contributed by atoms with Gasteiger partial charge in [0.15, 0.2) is 0 Å². The van der Waals surface area contributed by atoms with Gasteiger partial charge in [0.05, 0.1) is 6.61 Å². The highest BCUT2D eigenvalue weighted by Crippen LogP contribution is 2.31.